The fraction of sp³-hybridized carbons (Fsp3) is 0.500. The number of amides is 1. The van der Waals surface area contributed by atoms with E-state index in [2.05, 4.69) is 10.2 Å². The van der Waals surface area contributed by atoms with Gasteiger partial charge < -0.3 is 10.1 Å². The summed E-state index contributed by atoms with van der Waals surface area (Å²) in [6.45, 7) is 5.38. The molecule has 1 aliphatic carbocycles. The third-order valence-electron chi connectivity index (χ3n) is 5.95. The van der Waals surface area contributed by atoms with E-state index in [0.29, 0.717) is 22.7 Å². The van der Waals surface area contributed by atoms with E-state index in [1.807, 2.05) is 24.3 Å². The third-order valence-corrected chi connectivity index (χ3v) is 7.16. The molecular formula is C24H30N2O3S. The van der Waals surface area contributed by atoms with Crippen molar-refractivity contribution in [1.29, 1.82) is 0 Å². The summed E-state index contributed by atoms with van der Waals surface area (Å²) in [7, 11) is 0. The lowest BCUT2D eigenvalue weighted by Crippen LogP contribution is -2.29. The molecule has 2 aromatic rings. The number of fused-ring (bicyclic) bond motifs is 1. The Morgan fingerprint density at radius 1 is 1.03 bits per heavy atom. The fourth-order valence-corrected chi connectivity index (χ4v) is 5.66. The van der Waals surface area contributed by atoms with Crippen LogP contribution in [0, 0.1) is 0 Å². The molecule has 1 saturated heterocycles. The molecule has 1 N–H and O–H groups in total. The second-order valence-corrected chi connectivity index (χ2v) is 9.23. The van der Waals surface area contributed by atoms with E-state index in [-0.39, 0.29) is 11.9 Å². The highest BCUT2D eigenvalue weighted by Crippen LogP contribution is 2.38. The van der Waals surface area contributed by atoms with Crippen LogP contribution in [0.5, 0.6) is 0 Å². The second kappa shape index (κ2) is 9.75. The number of rotatable bonds is 6. The van der Waals surface area contributed by atoms with E-state index in [0.717, 1.165) is 50.9 Å². The Morgan fingerprint density at radius 2 is 1.77 bits per heavy atom. The highest BCUT2D eigenvalue weighted by atomic mass is 32.1. The number of benzene rings is 1. The molecule has 1 aromatic carbocycles. The number of hydrogen-bond donors (Lipinski definition) is 1. The van der Waals surface area contributed by atoms with Gasteiger partial charge in [-0.25, -0.2) is 4.79 Å². The van der Waals surface area contributed by atoms with Crippen LogP contribution in [0.1, 0.15) is 75.7 Å². The lowest BCUT2D eigenvalue weighted by molar-refractivity contribution is 0.0526. The number of piperidine rings is 1. The van der Waals surface area contributed by atoms with Crippen molar-refractivity contribution in [3.05, 3.63) is 51.4 Å². The highest BCUT2D eigenvalue weighted by molar-refractivity contribution is 7.17. The number of carbonyl (C=O) groups is 2. The van der Waals surface area contributed by atoms with Gasteiger partial charge in [0, 0.05) is 17.0 Å². The molecule has 6 heteroatoms. The Bertz CT molecular complexity index is 898. The predicted octanol–water partition coefficient (Wildman–Crippen LogP) is 5.04. The summed E-state index contributed by atoms with van der Waals surface area (Å²) >= 11 is 1.53. The molecule has 1 aromatic heterocycles. The van der Waals surface area contributed by atoms with Crippen LogP contribution in [0.15, 0.2) is 24.3 Å². The average Bonchev–Trinajstić information content (AvgIpc) is 3.13. The van der Waals surface area contributed by atoms with Crippen molar-refractivity contribution in [2.45, 2.75) is 58.4 Å². The molecule has 2 heterocycles. The summed E-state index contributed by atoms with van der Waals surface area (Å²) in [5.41, 5.74) is 3.47. The zero-order valence-electron chi connectivity index (χ0n) is 17.7. The van der Waals surface area contributed by atoms with Gasteiger partial charge in [-0.05, 0) is 81.8 Å². The molecule has 0 saturated carbocycles. The Hall–Kier alpha value is -2.18. The molecule has 0 bridgehead atoms. The average molecular weight is 427 g/mol. The second-order valence-electron chi connectivity index (χ2n) is 8.12. The van der Waals surface area contributed by atoms with Gasteiger partial charge in [0.25, 0.3) is 5.91 Å². The van der Waals surface area contributed by atoms with Crippen LogP contribution in [-0.2, 0) is 24.1 Å². The van der Waals surface area contributed by atoms with Crippen molar-refractivity contribution in [3.8, 4) is 0 Å². The minimum atomic E-state index is -0.330. The van der Waals surface area contributed by atoms with Gasteiger partial charge >= 0.3 is 5.97 Å². The summed E-state index contributed by atoms with van der Waals surface area (Å²) in [6.07, 6.45) is 7.91. The zero-order chi connectivity index (χ0) is 20.9. The van der Waals surface area contributed by atoms with Gasteiger partial charge in [0.15, 0.2) is 0 Å². The van der Waals surface area contributed by atoms with E-state index in [4.69, 9.17) is 4.74 Å². The lowest BCUT2D eigenvalue weighted by atomic mass is 9.95. The first-order valence-corrected chi connectivity index (χ1v) is 11.9. The molecular weight excluding hydrogens is 396 g/mol. The van der Waals surface area contributed by atoms with Crippen molar-refractivity contribution in [3.63, 3.8) is 0 Å². The number of thiophene rings is 1. The van der Waals surface area contributed by atoms with Crippen molar-refractivity contribution < 1.29 is 14.3 Å². The quantitative estimate of drug-likeness (QED) is 0.657. The number of nitrogens with one attached hydrogen (secondary N) is 1. The minimum Gasteiger partial charge on any atom is -0.462 e. The molecule has 0 spiro atoms. The van der Waals surface area contributed by atoms with Crippen LogP contribution < -0.4 is 5.32 Å². The van der Waals surface area contributed by atoms with Crippen molar-refractivity contribution in [2.75, 3.05) is 25.0 Å². The van der Waals surface area contributed by atoms with E-state index in [1.54, 1.807) is 6.92 Å². The molecule has 0 radical (unpaired) electrons. The monoisotopic (exact) mass is 426 g/mol. The van der Waals surface area contributed by atoms with Crippen LogP contribution >= 0.6 is 11.3 Å². The topological polar surface area (TPSA) is 58.6 Å². The molecule has 30 heavy (non-hydrogen) atoms. The van der Waals surface area contributed by atoms with Gasteiger partial charge in [-0.2, -0.15) is 0 Å². The van der Waals surface area contributed by atoms with Crippen LogP contribution in [0.3, 0.4) is 0 Å². The molecule has 0 atom stereocenters. The first-order chi connectivity index (χ1) is 14.7. The number of carbonyl (C=O) groups excluding carboxylic acids is 2. The minimum absolute atomic E-state index is 0.177. The molecule has 1 aliphatic heterocycles. The number of likely N-dealkylation sites (tertiary alicyclic amines) is 1. The maximum Gasteiger partial charge on any atom is 0.341 e. The molecule has 5 nitrogen and oxygen atoms in total. The number of ether oxygens (including phenoxy) is 1. The summed E-state index contributed by atoms with van der Waals surface area (Å²) < 4.78 is 5.28. The molecule has 4 rings (SSSR count). The van der Waals surface area contributed by atoms with Gasteiger partial charge in [0.2, 0.25) is 0 Å². The zero-order valence-corrected chi connectivity index (χ0v) is 18.5. The number of hydrogen-bond acceptors (Lipinski definition) is 5. The van der Waals surface area contributed by atoms with E-state index in [9.17, 15) is 9.59 Å². The lowest BCUT2D eigenvalue weighted by Gasteiger charge is -2.26. The van der Waals surface area contributed by atoms with Crippen LogP contribution in [0.4, 0.5) is 5.00 Å². The molecule has 2 aliphatic rings. The first-order valence-electron chi connectivity index (χ1n) is 11.1. The largest absolute Gasteiger partial charge is 0.462 e. The summed E-state index contributed by atoms with van der Waals surface area (Å²) in [5, 5.41) is 3.62. The normalized spacial score (nSPS) is 16.7. The summed E-state index contributed by atoms with van der Waals surface area (Å²) in [4.78, 5) is 29.2. The van der Waals surface area contributed by atoms with Crippen LogP contribution in [0.2, 0.25) is 0 Å². The number of esters is 1. The third kappa shape index (κ3) is 4.76. The Balaban J connectivity index is 1.48. The molecule has 160 valence electrons. The maximum atomic E-state index is 12.9. The molecule has 1 fully saturated rings. The maximum absolute atomic E-state index is 12.9. The summed E-state index contributed by atoms with van der Waals surface area (Å²) in [6, 6.07) is 7.84. The summed E-state index contributed by atoms with van der Waals surface area (Å²) in [5.74, 6) is -0.507. The van der Waals surface area contributed by atoms with Gasteiger partial charge in [-0.1, -0.05) is 18.6 Å². The standard InChI is InChI=1S/C24H30N2O3S/c1-2-29-24(28)21-19-8-4-5-9-20(19)30-23(21)25-22(27)18-12-10-17(11-13-18)16-26-14-6-3-7-15-26/h10-13H,2-9,14-16H2,1H3,(H,25,27). The number of aryl methyl sites for hydroxylation is 1. The number of anilines is 1. The van der Waals surface area contributed by atoms with E-state index >= 15 is 0 Å². The van der Waals surface area contributed by atoms with Crippen LogP contribution in [-0.4, -0.2) is 36.5 Å². The smallest absolute Gasteiger partial charge is 0.341 e. The van der Waals surface area contributed by atoms with Gasteiger partial charge in [-0.15, -0.1) is 11.3 Å². The molecule has 1 amide bonds. The molecule has 0 unspecified atom stereocenters. The van der Waals surface area contributed by atoms with Gasteiger partial charge in [-0.3, -0.25) is 9.69 Å². The first kappa shape index (κ1) is 21.1. The fourth-order valence-electron chi connectivity index (χ4n) is 4.39. The van der Waals surface area contributed by atoms with Crippen molar-refractivity contribution in [2.24, 2.45) is 0 Å². The Labute approximate surface area is 182 Å². The van der Waals surface area contributed by atoms with Crippen molar-refractivity contribution >= 4 is 28.2 Å². The van der Waals surface area contributed by atoms with E-state index in [1.165, 1.54) is 41.0 Å². The SMILES string of the molecule is CCOC(=O)c1c(NC(=O)c2ccc(CN3CCCCC3)cc2)sc2c1CCCC2. The van der Waals surface area contributed by atoms with Crippen LogP contribution in [0.25, 0.3) is 0 Å². The number of nitrogens with zero attached hydrogens (tertiary/aromatic N) is 1. The van der Waals surface area contributed by atoms with Crippen molar-refractivity contribution in [1.82, 2.24) is 4.90 Å². The van der Waals surface area contributed by atoms with Gasteiger partial charge in [0.1, 0.15) is 5.00 Å². The Morgan fingerprint density at radius 3 is 2.50 bits per heavy atom. The Kier molecular flexibility index (Phi) is 6.85. The highest BCUT2D eigenvalue weighted by Gasteiger charge is 2.27. The predicted molar refractivity (Wildman–Crippen MR) is 120 cm³/mol. The van der Waals surface area contributed by atoms with E-state index < -0.39 is 0 Å². The van der Waals surface area contributed by atoms with Gasteiger partial charge in [0.05, 0.1) is 12.2 Å².